The van der Waals surface area contributed by atoms with E-state index in [0.717, 1.165) is 7.11 Å². The Morgan fingerprint density at radius 3 is 2.67 bits per heavy atom. The summed E-state index contributed by atoms with van der Waals surface area (Å²) < 4.78 is 29.8. The maximum Gasteiger partial charge on any atom is 0.310 e. The van der Waals surface area contributed by atoms with Crippen molar-refractivity contribution >= 4 is 11.7 Å². The molecule has 0 aliphatic heterocycles. The monoisotopic (exact) mass is 262 g/mol. The summed E-state index contributed by atoms with van der Waals surface area (Å²) in [6.45, 7) is 0. The van der Waals surface area contributed by atoms with Crippen LogP contribution in [-0.4, -0.2) is 23.0 Å². The van der Waals surface area contributed by atoms with Crippen molar-refractivity contribution in [2.45, 2.75) is 12.8 Å². The summed E-state index contributed by atoms with van der Waals surface area (Å²) in [5.41, 5.74) is -3.65. The second-order valence-corrected chi connectivity index (χ2v) is 3.21. The minimum absolute atomic E-state index is 0.574. The fourth-order valence-electron chi connectivity index (χ4n) is 1.36. The van der Waals surface area contributed by atoms with Crippen LogP contribution in [0.5, 0.6) is 0 Å². The molecule has 1 aromatic heterocycles. The minimum atomic E-state index is -3.24. The molecule has 18 heavy (non-hydrogen) atoms. The van der Waals surface area contributed by atoms with E-state index in [2.05, 4.69) is 4.74 Å². The average Bonchev–Trinajstić information content (AvgIpc) is 2.30. The van der Waals surface area contributed by atoms with E-state index in [0.29, 0.717) is 6.20 Å². The quantitative estimate of drug-likeness (QED) is 0.494. The number of carbonyl (C=O) groups excluding carboxylic acids is 1. The van der Waals surface area contributed by atoms with Gasteiger partial charge in [0.15, 0.2) is 0 Å². The van der Waals surface area contributed by atoms with E-state index in [1.807, 2.05) is 4.98 Å². The van der Waals surface area contributed by atoms with E-state index in [1.165, 1.54) is 0 Å². The number of nitrogens with one attached hydrogen (secondary N) is 1. The number of esters is 1. The van der Waals surface area contributed by atoms with Crippen molar-refractivity contribution in [1.82, 2.24) is 4.98 Å². The summed E-state index contributed by atoms with van der Waals surface area (Å²) in [6, 6.07) is 0. The highest BCUT2D eigenvalue weighted by Gasteiger charge is 2.28. The van der Waals surface area contributed by atoms with Gasteiger partial charge in [0.25, 0.3) is 17.7 Å². The molecule has 1 N–H and O–H groups in total. The number of nitrogens with zero attached hydrogens (tertiary/aromatic N) is 1. The number of nitro groups is 1. The van der Waals surface area contributed by atoms with Gasteiger partial charge in [-0.2, -0.15) is 0 Å². The molecule has 0 spiro atoms. The number of ether oxygens (including phenoxy) is 1. The normalized spacial score (nSPS) is 10.4. The summed E-state index contributed by atoms with van der Waals surface area (Å²) in [4.78, 5) is 33.8. The first-order chi connectivity index (χ1) is 8.38. The van der Waals surface area contributed by atoms with Crippen LogP contribution in [0.1, 0.15) is 17.6 Å². The van der Waals surface area contributed by atoms with Crippen molar-refractivity contribution in [1.29, 1.82) is 0 Å². The van der Waals surface area contributed by atoms with Gasteiger partial charge in [0, 0.05) is 5.56 Å². The number of hydrogen-bond donors (Lipinski definition) is 1. The maximum absolute atomic E-state index is 12.8. The molecule has 0 fully saturated rings. The van der Waals surface area contributed by atoms with Gasteiger partial charge in [0.05, 0.1) is 24.7 Å². The number of carbonyl (C=O) groups is 1. The van der Waals surface area contributed by atoms with E-state index in [9.17, 15) is 28.5 Å². The van der Waals surface area contributed by atoms with Crippen molar-refractivity contribution < 1.29 is 23.2 Å². The molecule has 0 bridgehead atoms. The zero-order chi connectivity index (χ0) is 13.9. The van der Waals surface area contributed by atoms with Crippen molar-refractivity contribution in [3.63, 3.8) is 0 Å². The molecule has 1 heterocycles. The highest BCUT2D eigenvalue weighted by atomic mass is 19.3. The average molecular weight is 262 g/mol. The van der Waals surface area contributed by atoms with E-state index in [-0.39, 0.29) is 0 Å². The molecule has 0 saturated carbocycles. The Bertz CT molecular complexity index is 540. The summed E-state index contributed by atoms with van der Waals surface area (Å²) >= 11 is 0. The van der Waals surface area contributed by atoms with E-state index < -0.39 is 46.1 Å². The van der Waals surface area contributed by atoms with Crippen LogP contribution < -0.4 is 5.56 Å². The second kappa shape index (κ2) is 5.34. The Labute approximate surface area is 98.5 Å². The Hall–Kier alpha value is -2.32. The predicted molar refractivity (Wildman–Crippen MR) is 54.4 cm³/mol. The number of alkyl halides is 2. The SMILES string of the molecule is COC(=O)Cc1c(C(F)F)c([N+](=O)[O-])c[nH]c1=O. The Balaban J connectivity index is 3.46. The molecule has 9 heteroatoms. The van der Waals surface area contributed by atoms with Crippen LogP contribution in [0, 0.1) is 10.1 Å². The third-order valence-corrected chi connectivity index (χ3v) is 2.18. The molecular formula is C9H8F2N2O5. The lowest BCUT2D eigenvalue weighted by Crippen LogP contribution is -2.21. The molecule has 7 nitrogen and oxygen atoms in total. The maximum atomic E-state index is 12.8. The summed E-state index contributed by atoms with van der Waals surface area (Å²) in [6.07, 6.45) is -3.43. The minimum Gasteiger partial charge on any atom is -0.469 e. The van der Waals surface area contributed by atoms with Gasteiger partial charge in [-0.1, -0.05) is 0 Å². The number of hydrogen-bond acceptors (Lipinski definition) is 5. The predicted octanol–water partition coefficient (Wildman–Crippen LogP) is 0.936. The van der Waals surface area contributed by atoms with E-state index >= 15 is 0 Å². The van der Waals surface area contributed by atoms with Gasteiger partial charge < -0.3 is 9.72 Å². The molecule has 0 radical (unpaired) electrons. The number of aromatic amines is 1. The lowest BCUT2D eigenvalue weighted by molar-refractivity contribution is -0.386. The van der Waals surface area contributed by atoms with Crippen LogP contribution in [0.4, 0.5) is 14.5 Å². The standard InChI is InChI=1S/C9H8F2N2O5/c1-18-6(14)2-4-7(8(10)11)5(13(16)17)3-12-9(4)15/h3,8H,2H2,1H3,(H,12,15). The molecule has 1 rings (SSSR count). The largest absolute Gasteiger partial charge is 0.469 e. The number of aromatic nitrogens is 1. The molecule has 0 atom stereocenters. The fourth-order valence-corrected chi connectivity index (χ4v) is 1.36. The first kappa shape index (κ1) is 13.7. The summed E-state index contributed by atoms with van der Waals surface area (Å²) in [5, 5.41) is 10.6. The van der Waals surface area contributed by atoms with Crippen molar-refractivity contribution in [3.8, 4) is 0 Å². The zero-order valence-corrected chi connectivity index (χ0v) is 9.11. The number of pyridine rings is 1. The third-order valence-electron chi connectivity index (χ3n) is 2.18. The summed E-state index contributed by atoms with van der Waals surface area (Å²) in [7, 11) is 1.01. The molecule has 98 valence electrons. The molecular weight excluding hydrogens is 254 g/mol. The van der Waals surface area contributed by atoms with E-state index in [4.69, 9.17) is 0 Å². The number of methoxy groups -OCH3 is 1. The van der Waals surface area contributed by atoms with Gasteiger partial charge in [-0.25, -0.2) is 8.78 Å². The molecule has 0 saturated heterocycles. The van der Waals surface area contributed by atoms with Gasteiger partial charge in [-0.15, -0.1) is 0 Å². The first-order valence-electron chi connectivity index (χ1n) is 4.62. The van der Waals surface area contributed by atoms with Gasteiger partial charge in [0.1, 0.15) is 5.56 Å². The molecule has 0 aliphatic carbocycles. The van der Waals surface area contributed by atoms with E-state index in [1.54, 1.807) is 0 Å². The number of halogens is 2. The number of rotatable bonds is 4. The van der Waals surface area contributed by atoms with Gasteiger partial charge >= 0.3 is 5.97 Å². The van der Waals surface area contributed by atoms with Gasteiger partial charge in [-0.05, 0) is 0 Å². The third kappa shape index (κ3) is 2.67. The number of H-pyrrole nitrogens is 1. The second-order valence-electron chi connectivity index (χ2n) is 3.21. The Morgan fingerprint density at radius 1 is 1.61 bits per heavy atom. The van der Waals surface area contributed by atoms with Crippen LogP contribution in [0.15, 0.2) is 11.0 Å². The van der Waals surface area contributed by atoms with Gasteiger partial charge in [-0.3, -0.25) is 19.7 Å². The van der Waals surface area contributed by atoms with Crippen molar-refractivity contribution in [2.24, 2.45) is 0 Å². The van der Waals surface area contributed by atoms with Crippen LogP contribution in [0.2, 0.25) is 0 Å². The van der Waals surface area contributed by atoms with Crippen LogP contribution >= 0.6 is 0 Å². The fraction of sp³-hybridized carbons (Fsp3) is 0.333. The van der Waals surface area contributed by atoms with Crippen molar-refractivity contribution in [2.75, 3.05) is 7.11 Å². The molecule has 0 aromatic carbocycles. The molecule has 0 aliphatic rings. The molecule has 1 aromatic rings. The molecule has 0 amide bonds. The van der Waals surface area contributed by atoms with Crippen LogP contribution in [0.25, 0.3) is 0 Å². The van der Waals surface area contributed by atoms with Gasteiger partial charge in [0.2, 0.25) is 0 Å². The highest BCUT2D eigenvalue weighted by Crippen LogP contribution is 2.29. The highest BCUT2D eigenvalue weighted by molar-refractivity contribution is 5.73. The Kier molecular flexibility index (Phi) is 4.08. The summed E-state index contributed by atoms with van der Waals surface area (Å²) in [5.74, 6) is -0.942. The van der Waals surface area contributed by atoms with Crippen molar-refractivity contribution in [3.05, 3.63) is 37.8 Å². The molecule has 0 unspecified atom stereocenters. The Morgan fingerprint density at radius 2 is 2.22 bits per heavy atom. The smallest absolute Gasteiger partial charge is 0.310 e. The topological polar surface area (TPSA) is 102 Å². The zero-order valence-electron chi connectivity index (χ0n) is 9.11. The van der Waals surface area contributed by atoms with Crippen LogP contribution in [0.3, 0.4) is 0 Å². The first-order valence-corrected chi connectivity index (χ1v) is 4.62. The lowest BCUT2D eigenvalue weighted by Gasteiger charge is -2.07. The lowest BCUT2D eigenvalue weighted by atomic mass is 10.1. The van der Waals surface area contributed by atoms with Crippen LogP contribution in [-0.2, 0) is 16.0 Å².